The first-order chi connectivity index (χ1) is 12.9. The summed E-state index contributed by atoms with van der Waals surface area (Å²) < 4.78 is 5.90. The minimum absolute atomic E-state index is 0.269. The molecule has 0 heterocycles. The molecule has 0 aliphatic carbocycles. The average Bonchev–Trinajstić information content (AvgIpc) is 2.63. The Hall–Kier alpha value is -3.08. The molecule has 0 fully saturated rings. The van der Waals surface area contributed by atoms with Gasteiger partial charge in [-0.15, -0.1) is 6.58 Å². The summed E-state index contributed by atoms with van der Waals surface area (Å²) in [5, 5.41) is 5.54. The SMILES string of the molecule is C=CCNC(=O)c1ccccc1NC(=O)C(CC)Oc1cc(C)cc(C)c1. The normalized spacial score (nSPS) is 11.4. The maximum absolute atomic E-state index is 12.7. The van der Waals surface area contributed by atoms with Crippen molar-refractivity contribution in [1.82, 2.24) is 5.32 Å². The Morgan fingerprint density at radius 2 is 1.81 bits per heavy atom. The molecule has 2 amide bonds. The highest BCUT2D eigenvalue weighted by atomic mass is 16.5. The Morgan fingerprint density at radius 1 is 1.15 bits per heavy atom. The molecule has 0 spiro atoms. The molecular formula is C22H26N2O3. The summed E-state index contributed by atoms with van der Waals surface area (Å²) in [4.78, 5) is 25.0. The molecule has 0 aliphatic rings. The van der Waals surface area contributed by atoms with E-state index in [2.05, 4.69) is 17.2 Å². The van der Waals surface area contributed by atoms with Gasteiger partial charge in [0.05, 0.1) is 11.3 Å². The number of anilines is 1. The molecule has 2 rings (SSSR count). The Kier molecular flexibility index (Phi) is 7.17. The van der Waals surface area contributed by atoms with Crippen LogP contribution in [-0.4, -0.2) is 24.5 Å². The average molecular weight is 366 g/mol. The number of carbonyl (C=O) groups excluding carboxylic acids is 2. The topological polar surface area (TPSA) is 67.4 Å². The van der Waals surface area contributed by atoms with E-state index in [4.69, 9.17) is 4.74 Å². The highest BCUT2D eigenvalue weighted by molar-refractivity contribution is 6.04. The molecule has 1 atom stereocenters. The van der Waals surface area contributed by atoms with Crippen molar-refractivity contribution in [2.75, 3.05) is 11.9 Å². The lowest BCUT2D eigenvalue weighted by Gasteiger charge is -2.19. The number of amides is 2. The molecule has 5 nitrogen and oxygen atoms in total. The van der Waals surface area contributed by atoms with Gasteiger partial charge < -0.3 is 15.4 Å². The second kappa shape index (κ2) is 9.57. The van der Waals surface area contributed by atoms with Crippen LogP contribution in [0.1, 0.15) is 34.8 Å². The number of nitrogens with one attached hydrogen (secondary N) is 2. The number of benzene rings is 2. The first kappa shape index (κ1) is 20.2. The summed E-state index contributed by atoms with van der Waals surface area (Å²) >= 11 is 0. The fourth-order valence-electron chi connectivity index (χ4n) is 2.75. The predicted octanol–water partition coefficient (Wildman–Crippen LogP) is 4.02. The lowest BCUT2D eigenvalue weighted by molar-refractivity contribution is -0.122. The third-order valence-electron chi connectivity index (χ3n) is 3.97. The van der Waals surface area contributed by atoms with Gasteiger partial charge in [0.15, 0.2) is 6.10 Å². The maximum Gasteiger partial charge on any atom is 0.265 e. The molecule has 0 saturated heterocycles. The summed E-state index contributed by atoms with van der Waals surface area (Å²) in [7, 11) is 0. The van der Waals surface area contributed by atoms with Crippen molar-refractivity contribution in [2.45, 2.75) is 33.3 Å². The van der Waals surface area contributed by atoms with Gasteiger partial charge in [0.1, 0.15) is 5.75 Å². The van der Waals surface area contributed by atoms with Gasteiger partial charge in [-0.25, -0.2) is 0 Å². The van der Waals surface area contributed by atoms with Gasteiger partial charge in [-0.1, -0.05) is 31.2 Å². The van der Waals surface area contributed by atoms with Crippen LogP contribution < -0.4 is 15.4 Å². The van der Waals surface area contributed by atoms with Gasteiger partial charge in [0, 0.05) is 6.54 Å². The molecule has 0 saturated carbocycles. The van der Waals surface area contributed by atoms with E-state index in [0.29, 0.717) is 30.0 Å². The zero-order valence-electron chi connectivity index (χ0n) is 16.0. The molecule has 2 aromatic rings. The van der Waals surface area contributed by atoms with Crippen molar-refractivity contribution in [3.8, 4) is 5.75 Å². The molecular weight excluding hydrogens is 340 g/mol. The Balaban J connectivity index is 2.15. The number of rotatable bonds is 8. The van der Waals surface area contributed by atoms with E-state index in [1.807, 2.05) is 39.0 Å². The van der Waals surface area contributed by atoms with Gasteiger partial charge >= 0.3 is 0 Å². The molecule has 1 unspecified atom stereocenters. The predicted molar refractivity (Wildman–Crippen MR) is 108 cm³/mol. The van der Waals surface area contributed by atoms with E-state index < -0.39 is 6.10 Å². The first-order valence-corrected chi connectivity index (χ1v) is 8.98. The molecule has 0 aromatic heterocycles. The van der Waals surface area contributed by atoms with Crippen LogP contribution >= 0.6 is 0 Å². The Bertz CT molecular complexity index is 810. The van der Waals surface area contributed by atoms with E-state index in [0.717, 1.165) is 11.1 Å². The lowest BCUT2D eigenvalue weighted by atomic mass is 10.1. The third-order valence-corrected chi connectivity index (χ3v) is 3.97. The van der Waals surface area contributed by atoms with Crippen LogP contribution in [0.4, 0.5) is 5.69 Å². The largest absolute Gasteiger partial charge is 0.481 e. The van der Waals surface area contributed by atoms with Gasteiger partial charge in [0.2, 0.25) is 0 Å². The quantitative estimate of drug-likeness (QED) is 0.694. The van der Waals surface area contributed by atoms with E-state index in [1.54, 1.807) is 30.3 Å². The lowest BCUT2D eigenvalue weighted by Crippen LogP contribution is -2.33. The minimum atomic E-state index is -0.657. The van der Waals surface area contributed by atoms with Crippen molar-refractivity contribution in [3.63, 3.8) is 0 Å². The number of hydrogen-bond acceptors (Lipinski definition) is 3. The van der Waals surface area contributed by atoms with E-state index >= 15 is 0 Å². The van der Waals surface area contributed by atoms with Crippen molar-refractivity contribution in [2.24, 2.45) is 0 Å². The summed E-state index contributed by atoms with van der Waals surface area (Å²) in [6.07, 6.45) is 1.45. The molecule has 2 aromatic carbocycles. The number of ether oxygens (including phenoxy) is 1. The molecule has 5 heteroatoms. The van der Waals surface area contributed by atoms with Crippen molar-refractivity contribution >= 4 is 17.5 Å². The van der Waals surface area contributed by atoms with Gasteiger partial charge in [0.25, 0.3) is 11.8 Å². The molecule has 0 aliphatic heterocycles. The highest BCUT2D eigenvalue weighted by Crippen LogP contribution is 2.20. The zero-order valence-corrected chi connectivity index (χ0v) is 16.0. The number of carbonyl (C=O) groups is 2. The highest BCUT2D eigenvalue weighted by Gasteiger charge is 2.21. The van der Waals surface area contributed by atoms with Crippen LogP contribution in [0.2, 0.25) is 0 Å². The first-order valence-electron chi connectivity index (χ1n) is 8.98. The van der Waals surface area contributed by atoms with Crippen molar-refractivity contribution in [3.05, 3.63) is 71.8 Å². The molecule has 27 heavy (non-hydrogen) atoms. The van der Waals surface area contributed by atoms with Crippen LogP contribution in [0.25, 0.3) is 0 Å². The third kappa shape index (κ3) is 5.71. The fraction of sp³-hybridized carbons (Fsp3) is 0.273. The zero-order chi connectivity index (χ0) is 19.8. The standard InChI is InChI=1S/C22H26N2O3/c1-5-11-23-21(25)18-9-7-8-10-19(18)24-22(26)20(6-2)27-17-13-15(3)12-16(4)14-17/h5,7-10,12-14,20H,1,6,11H2,2-4H3,(H,23,25)(H,24,26). The maximum atomic E-state index is 12.7. The summed E-state index contributed by atoms with van der Waals surface area (Å²) in [5.74, 6) is 0.0983. The summed E-state index contributed by atoms with van der Waals surface area (Å²) in [6, 6.07) is 12.7. The number of hydrogen-bond donors (Lipinski definition) is 2. The summed E-state index contributed by atoms with van der Waals surface area (Å²) in [5.41, 5.74) is 2.99. The van der Waals surface area contributed by atoms with Gasteiger partial charge in [-0.3, -0.25) is 9.59 Å². The second-order valence-corrected chi connectivity index (χ2v) is 6.37. The number of aryl methyl sites for hydroxylation is 2. The van der Waals surface area contributed by atoms with Crippen molar-refractivity contribution < 1.29 is 14.3 Å². The number of para-hydroxylation sites is 1. The van der Waals surface area contributed by atoms with Gasteiger partial charge in [-0.05, 0) is 55.7 Å². The summed E-state index contributed by atoms with van der Waals surface area (Å²) in [6.45, 7) is 9.79. The van der Waals surface area contributed by atoms with E-state index in [-0.39, 0.29) is 11.8 Å². The minimum Gasteiger partial charge on any atom is -0.481 e. The monoisotopic (exact) mass is 366 g/mol. The van der Waals surface area contributed by atoms with Crippen LogP contribution in [-0.2, 0) is 4.79 Å². The molecule has 0 radical (unpaired) electrons. The Morgan fingerprint density at radius 3 is 2.44 bits per heavy atom. The smallest absolute Gasteiger partial charge is 0.265 e. The molecule has 0 bridgehead atoms. The molecule has 2 N–H and O–H groups in total. The van der Waals surface area contributed by atoms with Crippen LogP contribution in [0.5, 0.6) is 5.75 Å². The fourth-order valence-corrected chi connectivity index (χ4v) is 2.75. The van der Waals surface area contributed by atoms with Gasteiger partial charge in [-0.2, -0.15) is 0 Å². The van der Waals surface area contributed by atoms with Crippen molar-refractivity contribution in [1.29, 1.82) is 0 Å². The van der Waals surface area contributed by atoms with E-state index in [1.165, 1.54) is 0 Å². The second-order valence-electron chi connectivity index (χ2n) is 6.37. The van der Waals surface area contributed by atoms with E-state index in [9.17, 15) is 9.59 Å². The van der Waals surface area contributed by atoms with Crippen LogP contribution in [0, 0.1) is 13.8 Å². The molecule has 142 valence electrons. The van der Waals surface area contributed by atoms with Crippen LogP contribution in [0.15, 0.2) is 55.1 Å². The van der Waals surface area contributed by atoms with Crippen LogP contribution in [0.3, 0.4) is 0 Å². The Labute approximate surface area is 160 Å².